The maximum absolute atomic E-state index is 4.62. The second-order valence-electron chi connectivity index (χ2n) is 5.76. The van der Waals surface area contributed by atoms with Crippen molar-refractivity contribution >= 4 is 41.3 Å². The number of nitrogens with zero attached hydrogens (tertiary/aromatic N) is 2. The molecule has 0 aliphatic heterocycles. The lowest BCUT2D eigenvalue weighted by molar-refractivity contribution is 0.699. The van der Waals surface area contributed by atoms with Gasteiger partial charge < -0.3 is 10.6 Å². The van der Waals surface area contributed by atoms with Crippen molar-refractivity contribution in [2.45, 2.75) is 40.2 Å². The Bertz CT molecular complexity index is 654. The molecule has 0 amide bonds. The van der Waals surface area contributed by atoms with Crippen LogP contribution in [-0.4, -0.2) is 24.0 Å². The van der Waals surface area contributed by atoms with Crippen LogP contribution in [0.5, 0.6) is 0 Å². The first-order valence-electron chi connectivity index (χ1n) is 8.08. The molecule has 24 heavy (non-hydrogen) atoms. The van der Waals surface area contributed by atoms with Crippen LogP contribution in [0.3, 0.4) is 0 Å². The average molecular weight is 458 g/mol. The number of hydrogen-bond donors (Lipinski definition) is 2. The van der Waals surface area contributed by atoms with E-state index in [4.69, 9.17) is 0 Å². The lowest BCUT2D eigenvalue weighted by Crippen LogP contribution is -2.39. The number of aliphatic imine (C=N–C) groups is 1. The monoisotopic (exact) mass is 458 g/mol. The molecule has 132 valence electrons. The Morgan fingerprint density at radius 3 is 2.71 bits per heavy atom. The van der Waals surface area contributed by atoms with E-state index in [0.29, 0.717) is 12.5 Å². The topological polar surface area (TPSA) is 49.3 Å². The third-order valence-electron chi connectivity index (χ3n) is 3.57. The van der Waals surface area contributed by atoms with Gasteiger partial charge >= 0.3 is 0 Å². The van der Waals surface area contributed by atoms with E-state index in [1.54, 1.807) is 11.3 Å². The van der Waals surface area contributed by atoms with Gasteiger partial charge in [0, 0.05) is 24.2 Å². The molecule has 0 saturated heterocycles. The van der Waals surface area contributed by atoms with Gasteiger partial charge in [0.1, 0.15) is 5.01 Å². The summed E-state index contributed by atoms with van der Waals surface area (Å²) in [6, 6.07) is 8.67. The smallest absolute Gasteiger partial charge is 0.191 e. The summed E-state index contributed by atoms with van der Waals surface area (Å²) in [5.74, 6) is 1.28. The van der Waals surface area contributed by atoms with Crippen LogP contribution >= 0.6 is 35.3 Å². The maximum atomic E-state index is 4.62. The number of aromatic nitrogens is 1. The van der Waals surface area contributed by atoms with Gasteiger partial charge in [0.2, 0.25) is 0 Å². The molecule has 0 aliphatic carbocycles. The van der Waals surface area contributed by atoms with Gasteiger partial charge in [0.15, 0.2) is 5.96 Å². The van der Waals surface area contributed by atoms with Crippen molar-refractivity contribution in [3.8, 4) is 0 Å². The number of hydrogen-bond acceptors (Lipinski definition) is 3. The predicted octanol–water partition coefficient (Wildman–Crippen LogP) is 4.24. The zero-order chi connectivity index (χ0) is 16.7. The highest BCUT2D eigenvalue weighted by Crippen LogP contribution is 2.15. The second kappa shape index (κ2) is 10.7. The molecule has 2 aromatic rings. The van der Waals surface area contributed by atoms with Crippen molar-refractivity contribution in [1.29, 1.82) is 0 Å². The molecular weight excluding hydrogens is 431 g/mol. The van der Waals surface area contributed by atoms with Crippen molar-refractivity contribution in [3.63, 3.8) is 0 Å². The Labute approximate surface area is 166 Å². The van der Waals surface area contributed by atoms with Crippen LogP contribution < -0.4 is 10.6 Å². The van der Waals surface area contributed by atoms with Gasteiger partial charge in [-0.1, -0.05) is 36.8 Å². The van der Waals surface area contributed by atoms with E-state index >= 15 is 0 Å². The highest BCUT2D eigenvalue weighted by molar-refractivity contribution is 14.0. The molecule has 1 aromatic carbocycles. The lowest BCUT2D eigenvalue weighted by Gasteiger charge is -2.16. The summed E-state index contributed by atoms with van der Waals surface area (Å²) in [5.41, 5.74) is 2.65. The summed E-state index contributed by atoms with van der Waals surface area (Å²) in [5, 5.41) is 7.77. The van der Waals surface area contributed by atoms with E-state index in [-0.39, 0.29) is 24.0 Å². The first-order valence-corrected chi connectivity index (χ1v) is 8.90. The number of nitrogens with one attached hydrogen (secondary N) is 2. The van der Waals surface area contributed by atoms with E-state index in [9.17, 15) is 0 Å². The summed E-state index contributed by atoms with van der Waals surface area (Å²) in [7, 11) is 0. The molecule has 4 nitrogen and oxygen atoms in total. The standard InChI is InChI=1S/C18H26N4S.HI/c1-5-19-18(22-12-17-20-11-15(4)23-17)21-10-14(3)16-8-6-7-13(2)9-16;/h6-9,11,14H,5,10,12H2,1-4H3,(H2,19,21,22);1H. The van der Waals surface area contributed by atoms with Crippen LogP contribution in [0.1, 0.15) is 40.8 Å². The summed E-state index contributed by atoms with van der Waals surface area (Å²) in [6.07, 6.45) is 1.90. The Balaban J connectivity index is 0.00000288. The van der Waals surface area contributed by atoms with Crippen molar-refractivity contribution in [2.24, 2.45) is 4.99 Å². The molecule has 6 heteroatoms. The first-order chi connectivity index (χ1) is 11.1. The molecule has 1 atom stereocenters. The summed E-state index contributed by atoms with van der Waals surface area (Å²) in [4.78, 5) is 10.2. The molecule has 0 aliphatic rings. The largest absolute Gasteiger partial charge is 0.357 e. The third-order valence-corrected chi connectivity index (χ3v) is 4.47. The number of guanidine groups is 1. The van der Waals surface area contributed by atoms with Gasteiger partial charge in [-0.2, -0.15) is 0 Å². The van der Waals surface area contributed by atoms with E-state index in [2.05, 4.69) is 72.6 Å². The molecule has 2 rings (SSSR count). The quantitative estimate of drug-likeness (QED) is 0.387. The minimum Gasteiger partial charge on any atom is -0.357 e. The Kier molecular flexibility index (Phi) is 9.28. The third kappa shape index (κ3) is 6.76. The molecule has 0 bridgehead atoms. The van der Waals surface area contributed by atoms with E-state index in [1.807, 2.05) is 6.20 Å². The first kappa shape index (κ1) is 20.9. The fourth-order valence-corrected chi connectivity index (χ4v) is 3.02. The summed E-state index contributed by atoms with van der Waals surface area (Å²) < 4.78 is 0. The van der Waals surface area contributed by atoms with E-state index < -0.39 is 0 Å². The van der Waals surface area contributed by atoms with Crippen LogP contribution in [0.25, 0.3) is 0 Å². The van der Waals surface area contributed by atoms with Gasteiger partial charge in [0.05, 0.1) is 6.54 Å². The number of aryl methyl sites for hydroxylation is 2. The number of rotatable bonds is 6. The Morgan fingerprint density at radius 2 is 2.08 bits per heavy atom. The SMILES string of the molecule is CCNC(=NCc1ncc(C)s1)NCC(C)c1cccc(C)c1.I. The summed E-state index contributed by atoms with van der Waals surface area (Å²) >= 11 is 1.70. The van der Waals surface area contributed by atoms with Crippen LogP contribution in [0.4, 0.5) is 0 Å². The van der Waals surface area contributed by atoms with Gasteiger partial charge in [-0.25, -0.2) is 9.98 Å². The van der Waals surface area contributed by atoms with Crippen LogP contribution in [0, 0.1) is 13.8 Å². The van der Waals surface area contributed by atoms with Gasteiger partial charge in [-0.15, -0.1) is 35.3 Å². The van der Waals surface area contributed by atoms with Gasteiger partial charge in [0.25, 0.3) is 0 Å². The molecule has 1 heterocycles. The lowest BCUT2D eigenvalue weighted by atomic mass is 9.99. The minimum atomic E-state index is 0. The van der Waals surface area contributed by atoms with Crippen LogP contribution in [-0.2, 0) is 6.54 Å². The predicted molar refractivity (Wildman–Crippen MR) is 115 cm³/mol. The fraction of sp³-hybridized carbons (Fsp3) is 0.444. The Morgan fingerprint density at radius 1 is 1.29 bits per heavy atom. The molecule has 1 unspecified atom stereocenters. The second-order valence-corrected chi connectivity index (χ2v) is 7.08. The number of benzene rings is 1. The molecule has 0 fully saturated rings. The van der Waals surface area contributed by atoms with Crippen molar-refractivity contribution < 1.29 is 0 Å². The van der Waals surface area contributed by atoms with Crippen molar-refractivity contribution in [3.05, 3.63) is 51.5 Å². The number of halogens is 1. The zero-order valence-electron chi connectivity index (χ0n) is 14.8. The maximum Gasteiger partial charge on any atom is 0.191 e. The Hall–Kier alpha value is -1.15. The summed E-state index contributed by atoms with van der Waals surface area (Å²) in [6.45, 7) is 10.8. The number of thiazole rings is 1. The van der Waals surface area contributed by atoms with Crippen LogP contribution in [0.2, 0.25) is 0 Å². The molecule has 2 N–H and O–H groups in total. The minimum absolute atomic E-state index is 0. The zero-order valence-corrected chi connectivity index (χ0v) is 17.9. The normalized spacial score (nSPS) is 12.4. The fourth-order valence-electron chi connectivity index (χ4n) is 2.31. The molecule has 0 radical (unpaired) electrons. The van der Waals surface area contributed by atoms with E-state index in [0.717, 1.165) is 24.1 Å². The highest BCUT2D eigenvalue weighted by atomic mass is 127. The van der Waals surface area contributed by atoms with Crippen molar-refractivity contribution in [1.82, 2.24) is 15.6 Å². The van der Waals surface area contributed by atoms with Gasteiger partial charge in [-0.05, 0) is 32.3 Å². The molecule has 0 spiro atoms. The molecular formula is C18H27IN4S. The highest BCUT2D eigenvalue weighted by Gasteiger charge is 2.07. The molecule has 1 aromatic heterocycles. The molecule has 0 saturated carbocycles. The van der Waals surface area contributed by atoms with Crippen LogP contribution in [0.15, 0.2) is 35.5 Å². The van der Waals surface area contributed by atoms with Crippen molar-refractivity contribution in [2.75, 3.05) is 13.1 Å². The average Bonchev–Trinajstić information content (AvgIpc) is 2.95. The van der Waals surface area contributed by atoms with E-state index in [1.165, 1.54) is 16.0 Å². The van der Waals surface area contributed by atoms with Gasteiger partial charge in [-0.3, -0.25) is 0 Å².